The smallest absolute Gasteiger partial charge is 0.506 e. The van der Waals surface area contributed by atoms with Gasteiger partial charge in [0.25, 0.3) is 0 Å². The van der Waals surface area contributed by atoms with Crippen LogP contribution in [0.4, 0.5) is 4.79 Å². The molecule has 0 amide bonds. The van der Waals surface area contributed by atoms with Crippen molar-refractivity contribution in [3.05, 3.63) is 0 Å². The van der Waals surface area contributed by atoms with E-state index >= 15 is 0 Å². The highest BCUT2D eigenvalue weighted by Crippen LogP contribution is 2.25. The van der Waals surface area contributed by atoms with Crippen LogP contribution >= 0.6 is 7.82 Å². The minimum absolute atomic E-state index is 0.924. The zero-order chi connectivity index (χ0) is 13.6. The fourth-order valence-corrected chi connectivity index (χ4v) is 1.18. The molecule has 0 bridgehead atoms. The van der Waals surface area contributed by atoms with E-state index in [0.29, 0.717) is 0 Å². The summed E-state index contributed by atoms with van der Waals surface area (Å²) in [6.45, 7) is -2.03. The summed E-state index contributed by atoms with van der Waals surface area (Å²) in [4.78, 5) is 30.5. The molecule has 0 aliphatic carbocycles. The molecule has 17 heavy (non-hydrogen) atoms. The van der Waals surface area contributed by atoms with Crippen molar-refractivity contribution < 1.29 is 48.8 Å². The van der Waals surface area contributed by atoms with Gasteiger partial charge in [0.2, 0.25) is 0 Å². The van der Waals surface area contributed by atoms with Gasteiger partial charge in [-0.15, -0.1) is 0 Å². The topological polar surface area (TPSA) is 180 Å². The first-order valence-corrected chi connectivity index (χ1v) is 5.66. The first-order chi connectivity index (χ1) is 7.67. The molecule has 0 aliphatic rings. The van der Waals surface area contributed by atoms with Crippen LogP contribution in [0.1, 0.15) is 0 Å². The zero-order valence-electron chi connectivity index (χ0n) is 8.33. The average molecular weight is 274 g/mol. The molecule has 0 aromatic rings. The Labute approximate surface area is 95.3 Å². The van der Waals surface area contributed by atoms with Crippen LogP contribution in [-0.2, 0) is 13.8 Å². The molecule has 10 nitrogen and oxygen atoms in total. The predicted molar refractivity (Wildman–Crippen MR) is 45.6 cm³/mol. The third kappa shape index (κ3) is 7.23. The van der Waals surface area contributed by atoms with Gasteiger partial charge in [-0.1, -0.05) is 0 Å². The van der Waals surface area contributed by atoms with Crippen LogP contribution in [-0.4, -0.2) is 58.1 Å². The SMILES string of the molecule is O=C(O)O[C@H](COP(=O)([O-])[O-])[C@H](O)[C@H](O)CO. The van der Waals surface area contributed by atoms with E-state index in [2.05, 4.69) is 9.26 Å². The summed E-state index contributed by atoms with van der Waals surface area (Å²) >= 11 is 0. The molecule has 0 saturated heterocycles. The average Bonchev–Trinajstić information content (AvgIpc) is 2.20. The number of ether oxygens (including phenoxy) is 1. The van der Waals surface area contributed by atoms with E-state index in [-0.39, 0.29) is 0 Å². The maximum Gasteiger partial charge on any atom is 0.506 e. The Kier molecular flexibility index (Phi) is 6.57. The summed E-state index contributed by atoms with van der Waals surface area (Å²) in [6, 6.07) is 0. The van der Waals surface area contributed by atoms with E-state index in [1.54, 1.807) is 0 Å². The van der Waals surface area contributed by atoms with Gasteiger partial charge in [-0.3, -0.25) is 0 Å². The minimum atomic E-state index is -5.37. The summed E-state index contributed by atoms with van der Waals surface area (Å²) < 4.78 is 17.9. The van der Waals surface area contributed by atoms with Gasteiger partial charge in [0.15, 0.2) is 6.10 Å². The van der Waals surface area contributed by atoms with Crippen molar-refractivity contribution in [2.24, 2.45) is 0 Å². The highest BCUT2D eigenvalue weighted by Gasteiger charge is 2.29. The Morgan fingerprint density at radius 1 is 1.35 bits per heavy atom. The maximum absolute atomic E-state index is 10.2. The first-order valence-electron chi connectivity index (χ1n) is 4.20. The van der Waals surface area contributed by atoms with Gasteiger partial charge in [0, 0.05) is 0 Å². The lowest BCUT2D eigenvalue weighted by molar-refractivity contribution is -0.343. The molecule has 0 rings (SSSR count). The van der Waals surface area contributed by atoms with Crippen molar-refractivity contribution in [3.8, 4) is 0 Å². The number of aliphatic hydroxyl groups excluding tert-OH is 3. The second kappa shape index (κ2) is 6.87. The lowest BCUT2D eigenvalue weighted by Crippen LogP contribution is -2.44. The number of hydrogen-bond donors (Lipinski definition) is 4. The number of carboxylic acid groups (broad SMARTS) is 1. The largest absolute Gasteiger partial charge is 0.790 e. The highest BCUT2D eigenvalue weighted by atomic mass is 31.2. The number of phosphoric acid groups is 1. The molecular weight excluding hydrogens is 263 g/mol. The van der Waals surface area contributed by atoms with Crippen LogP contribution in [0.5, 0.6) is 0 Å². The molecule has 0 unspecified atom stereocenters. The van der Waals surface area contributed by atoms with Crippen LogP contribution in [0.3, 0.4) is 0 Å². The second-order valence-electron chi connectivity index (χ2n) is 2.91. The van der Waals surface area contributed by atoms with Crippen molar-refractivity contribution in [1.82, 2.24) is 0 Å². The number of aliphatic hydroxyl groups is 3. The Morgan fingerprint density at radius 3 is 2.24 bits per heavy atom. The summed E-state index contributed by atoms with van der Waals surface area (Å²) in [7, 11) is -5.37. The van der Waals surface area contributed by atoms with Gasteiger partial charge in [-0.2, -0.15) is 0 Å². The summed E-state index contributed by atoms with van der Waals surface area (Å²) in [5.74, 6) is 0. The highest BCUT2D eigenvalue weighted by molar-refractivity contribution is 7.43. The van der Waals surface area contributed by atoms with Crippen molar-refractivity contribution in [1.29, 1.82) is 0 Å². The van der Waals surface area contributed by atoms with E-state index in [4.69, 9.17) is 15.3 Å². The first kappa shape index (κ1) is 16.3. The van der Waals surface area contributed by atoms with E-state index < -0.39 is 45.5 Å². The molecule has 11 heteroatoms. The van der Waals surface area contributed by atoms with Crippen LogP contribution < -0.4 is 9.79 Å². The Hall–Kier alpha value is -0.740. The molecule has 0 spiro atoms. The minimum Gasteiger partial charge on any atom is -0.790 e. The Bertz CT molecular complexity index is 287. The molecule has 0 saturated carbocycles. The number of phosphoric ester groups is 1. The number of hydrogen-bond acceptors (Lipinski definition) is 9. The molecule has 0 fully saturated rings. The van der Waals surface area contributed by atoms with Crippen LogP contribution in [0.2, 0.25) is 0 Å². The summed E-state index contributed by atoms with van der Waals surface area (Å²) in [6.07, 6.45) is -7.43. The van der Waals surface area contributed by atoms with E-state index in [1.807, 2.05) is 0 Å². The molecule has 0 aromatic heterocycles. The second-order valence-corrected chi connectivity index (χ2v) is 4.06. The monoisotopic (exact) mass is 274 g/mol. The Balaban J connectivity index is 4.53. The lowest BCUT2D eigenvalue weighted by atomic mass is 10.1. The summed E-state index contributed by atoms with van der Waals surface area (Å²) in [5, 5.41) is 35.0. The van der Waals surface area contributed by atoms with Crippen molar-refractivity contribution in [3.63, 3.8) is 0 Å². The van der Waals surface area contributed by atoms with Crippen molar-refractivity contribution in [2.45, 2.75) is 18.3 Å². The van der Waals surface area contributed by atoms with Crippen LogP contribution in [0.25, 0.3) is 0 Å². The molecule has 0 heterocycles. The lowest BCUT2D eigenvalue weighted by Gasteiger charge is -2.32. The van der Waals surface area contributed by atoms with Gasteiger partial charge >= 0.3 is 6.16 Å². The fraction of sp³-hybridized carbons (Fsp3) is 0.833. The van der Waals surface area contributed by atoms with Gasteiger partial charge in [-0.25, -0.2) is 4.79 Å². The van der Waals surface area contributed by atoms with Crippen molar-refractivity contribution in [2.75, 3.05) is 13.2 Å². The molecule has 4 N–H and O–H groups in total. The molecule has 3 atom stereocenters. The molecule has 0 radical (unpaired) electrons. The van der Waals surface area contributed by atoms with Gasteiger partial charge in [0.1, 0.15) is 12.2 Å². The van der Waals surface area contributed by atoms with Crippen LogP contribution in [0.15, 0.2) is 0 Å². The standard InChI is InChI=1S/C6H13O10P/c7-1-3(8)5(9)4(16-6(10)11)2-15-17(12,13)14/h3-5,7-9H,1-2H2,(H,10,11)(H2,12,13,14)/p-2/t3-,4-,5-/m1/s1. The molecule has 102 valence electrons. The van der Waals surface area contributed by atoms with Crippen molar-refractivity contribution >= 4 is 14.0 Å². The Morgan fingerprint density at radius 2 is 1.88 bits per heavy atom. The summed E-state index contributed by atoms with van der Waals surface area (Å²) in [5.41, 5.74) is 0. The third-order valence-electron chi connectivity index (χ3n) is 1.61. The number of carbonyl (C=O) groups is 1. The normalized spacial score (nSPS) is 17.2. The molecule has 0 aliphatic heterocycles. The zero-order valence-corrected chi connectivity index (χ0v) is 9.23. The predicted octanol–water partition coefficient (Wildman–Crippen LogP) is -3.39. The molecule has 0 aromatic carbocycles. The number of rotatable bonds is 7. The fourth-order valence-electron chi connectivity index (χ4n) is 0.852. The van der Waals surface area contributed by atoms with E-state index in [0.717, 1.165) is 0 Å². The molecular formula is C6H11O10P-2. The van der Waals surface area contributed by atoms with Gasteiger partial charge in [0.05, 0.1) is 21.0 Å². The van der Waals surface area contributed by atoms with E-state index in [9.17, 15) is 24.3 Å². The van der Waals surface area contributed by atoms with Gasteiger partial charge in [-0.05, 0) is 0 Å². The maximum atomic E-state index is 10.2. The van der Waals surface area contributed by atoms with Crippen LogP contribution in [0, 0.1) is 0 Å². The quantitative estimate of drug-likeness (QED) is 0.270. The van der Waals surface area contributed by atoms with Gasteiger partial charge < -0.3 is 44.0 Å². The van der Waals surface area contributed by atoms with E-state index in [1.165, 1.54) is 0 Å². The third-order valence-corrected chi connectivity index (χ3v) is 2.08.